The Hall–Kier alpha value is -3.20. The summed E-state index contributed by atoms with van der Waals surface area (Å²) in [5.41, 5.74) is 3.34. The molecule has 1 aromatic heterocycles. The van der Waals surface area contributed by atoms with Crippen molar-refractivity contribution < 1.29 is 9.66 Å². The number of hydrogen-bond donors (Lipinski definition) is 1. The second-order valence-corrected chi connectivity index (χ2v) is 7.77. The van der Waals surface area contributed by atoms with Crippen molar-refractivity contribution >= 4 is 23.0 Å². The number of ether oxygens (including phenoxy) is 1. The molecular formula is C22H30N6O3. The number of allylic oxidation sites excluding steroid dienone is 1. The Morgan fingerprint density at radius 3 is 2.55 bits per heavy atom. The molecule has 0 unspecified atom stereocenters. The number of anilines is 3. The number of hydrogen-bond acceptors (Lipinski definition) is 8. The largest absolute Gasteiger partial charge is 0.486 e. The van der Waals surface area contributed by atoms with Crippen molar-refractivity contribution in [1.29, 1.82) is 0 Å². The predicted molar refractivity (Wildman–Crippen MR) is 122 cm³/mol. The number of nitro benzene ring substituents is 1. The highest BCUT2D eigenvalue weighted by Gasteiger charge is 2.23. The van der Waals surface area contributed by atoms with Crippen LogP contribution in [0.5, 0.6) is 5.75 Å². The number of nitrogens with zero attached hydrogens (tertiary/aromatic N) is 5. The zero-order chi connectivity index (χ0) is 22.4. The Labute approximate surface area is 182 Å². The Kier molecular flexibility index (Phi) is 7.41. The molecule has 0 spiro atoms. The molecule has 31 heavy (non-hydrogen) atoms. The van der Waals surface area contributed by atoms with E-state index in [1.807, 2.05) is 19.9 Å². The number of aromatic nitrogens is 2. The van der Waals surface area contributed by atoms with Gasteiger partial charge in [-0.05, 0) is 39.0 Å². The smallest absolute Gasteiger partial charge is 0.293 e. The molecule has 0 amide bonds. The highest BCUT2D eigenvalue weighted by Crippen LogP contribution is 2.36. The Morgan fingerprint density at radius 2 is 1.94 bits per heavy atom. The van der Waals surface area contributed by atoms with E-state index in [9.17, 15) is 10.1 Å². The minimum absolute atomic E-state index is 0.000341. The summed E-state index contributed by atoms with van der Waals surface area (Å²) in [5.74, 6) is 0.835. The molecule has 1 aliphatic rings. The first-order chi connectivity index (χ1) is 14.9. The first kappa shape index (κ1) is 22.5. The summed E-state index contributed by atoms with van der Waals surface area (Å²) in [6, 6.07) is 3.37. The molecule has 0 bridgehead atoms. The molecule has 9 heteroatoms. The Bertz CT molecular complexity index is 937. The van der Waals surface area contributed by atoms with Crippen LogP contribution in [0.25, 0.3) is 0 Å². The van der Waals surface area contributed by atoms with Gasteiger partial charge < -0.3 is 19.9 Å². The van der Waals surface area contributed by atoms with E-state index in [0.717, 1.165) is 49.4 Å². The van der Waals surface area contributed by atoms with Gasteiger partial charge in [-0.1, -0.05) is 13.0 Å². The number of rotatable bonds is 8. The predicted octanol–water partition coefficient (Wildman–Crippen LogP) is 3.92. The molecule has 0 saturated carbocycles. The van der Waals surface area contributed by atoms with Gasteiger partial charge in [-0.15, -0.1) is 0 Å². The van der Waals surface area contributed by atoms with Crippen LogP contribution in [0.3, 0.4) is 0 Å². The third-order valence-electron chi connectivity index (χ3n) is 5.34. The Balaban J connectivity index is 1.80. The molecule has 2 aromatic rings. The zero-order valence-corrected chi connectivity index (χ0v) is 18.6. The van der Waals surface area contributed by atoms with Crippen LogP contribution < -0.4 is 15.0 Å². The molecule has 1 aromatic carbocycles. The summed E-state index contributed by atoms with van der Waals surface area (Å²) in [6.45, 7) is 10.1. The third kappa shape index (κ3) is 5.69. The van der Waals surface area contributed by atoms with Gasteiger partial charge in [0.15, 0.2) is 5.75 Å². The van der Waals surface area contributed by atoms with Gasteiger partial charge in [0.25, 0.3) is 5.69 Å². The monoisotopic (exact) mass is 426 g/mol. The topological polar surface area (TPSA) is 96.7 Å². The summed E-state index contributed by atoms with van der Waals surface area (Å²) in [4.78, 5) is 24.3. The third-order valence-corrected chi connectivity index (χ3v) is 5.34. The lowest BCUT2D eigenvalue weighted by atomic mass is 10.1. The summed E-state index contributed by atoms with van der Waals surface area (Å²) in [7, 11) is 2.10. The summed E-state index contributed by atoms with van der Waals surface area (Å²) in [6.07, 6.45) is 6.20. The summed E-state index contributed by atoms with van der Waals surface area (Å²) in [5, 5.41) is 14.7. The van der Waals surface area contributed by atoms with Crippen molar-refractivity contribution in [3.8, 4) is 5.75 Å². The van der Waals surface area contributed by atoms with Crippen LogP contribution in [0.4, 0.5) is 23.0 Å². The van der Waals surface area contributed by atoms with Gasteiger partial charge in [-0.25, -0.2) is 9.97 Å². The van der Waals surface area contributed by atoms with Crippen LogP contribution in [0.2, 0.25) is 0 Å². The maximum Gasteiger partial charge on any atom is 0.293 e. The molecule has 1 N–H and O–H groups in total. The van der Waals surface area contributed by atoms with Gasteiger partial charge in [0.2, 0.25) is 5.95 Å². The van der Waals surface area contributed by atoms with E-state index in [1.165, 1.54) is 0 Å². The van der Waals surface area contributed by atoms with Gasteiger partial charge in [-0.2, -0.15) is 0 Å². The average Bonchev–Trinajstić information content (AvgIpc) is 2.75. The van der Waals surface area contributed by atoms with Crippen LogP contribution >= 0.6 is 0 Å². The van der Waals surface area contributed by atoms with Gasteiger partial charge in [0.05, 0.1) is 17.3 Å². The lowest BCUT2D eigenvalue weighted by Gasteiger charge is -2.35. The number of nitrogens with one attached hydrogen (secondary N) is 1. The molecule has 2 heterocycles. The van der Waals surface area contributed by atoms with Crippen molar-refractivity contribution in [2.24, 2.45) is 0 Å². The fourth-order valence-corrected chi connectivity index (χ4v) is 3.56. The number of piperazine rings is 1. The molecule has 0 aliphatic carbocycles. The van der Waals surface area contributed by atoms with Crippen molar-refractivity contribution in [2.45, 2.75) is 27.2 Å². The molecule has 1 saturated heterocycles. The van der Waals surface area contributed by atoms with E-state index in [1.54, 1.807) is 18.5 Å². The Morgan fingerprint density at radius 1 is 1.26 bits per heavy atom. The quantitative estimate of drug-likeness (QED) is 0.385. The maximum absolute atomic E-state index is 11.6. The molecule has 0 radical (unpaired) electrons. The summed E-state index contributed by atoms with van der Waals surface area (Å²) >= 11 is 0. The van der Waals surface area contributed by atoms with Crippen molar-refractivity contribution in [3.63, 3.8) is 0 Å². The van der Waals surface area contributed by atoms with Crippen molar-refractivity contribution in [3.05, 3.63) is 51.9 Å². The molecular weight excluding hydrogens is 396 g/mol. The van der Waals surface area contributed by atoms with Gasteiger partial charge >= 0.3 is 0 Å². The highest BCUT2D eigenvalue weighted by atomic mass is 16.6. The molecule has 9 nitrogen and oxygen atoms in total. The number of likely N-dealkylation sites (N-methyl/N-ethyl adjacent to an activating group) is 1. The second-order valence-electron chi connectivity index (χ2n) is 7.77. The fourth-order valence-electron chi connectivity index (χ4n) is 3.56. The SMILES string of the molecule is CC/C=C(\C)COc1cnc(Nc2c([N+](=O)[O-])ccc(N3CCN(C)CC3)c2C)nc1. The van der Waals surface area contributed by atoms with Crippen LogP contribution in [0.1, 0.15) is 25.8 Å². The van der Waals surface area contributed by atoms with E-state index >= 15 is 0 Å². The fraction of sp³-hybridized carbons (Fsp3) is 0.455. The maximum atomic E-state index is 11.6. The zero-order valence-electron chi connectivity index (χ0n) is 18.6. The van der Waals surface area contributed by atoms with Crippen LogP contribution in [-0.4, -0.2) is 59.6 Å². The normalized spacial score (nSPS) is 15.1. The average molecular weight is 427 g/mol. The molecule has 166 valence electrons. The minimum Gasteiger partial charge on any atom is -0.486 e. The number of benzene rings is 1. The lowest BCUT2D eigenvalue weighted by molar-refractivity contribution is -0.383. The van der Waals surface area contributed by atoms with E-state index < -0.39 is 0 Å². The first-order valence-corrected chi connectivity index (χ1v) is 10.5. The van der Waals surface area contributed by atoms with Gasteiger partial charge in [0.1, 0.15) is 12.3 Å². The number of nitro groups is 1. The molecule has 0 atom stereocenters. The lowest BCUT2D eigenvalue weighted by Crippen LogP contribution is -2.44. The minimum atomic E-state index is -0.385. The van der Waals surface area contributed by atoms with E-state index in [-0.39, 0.29) is 16.6 Å². The van der Waals surface area contributed by atoms with Crippen molar-refractivity contribution in [1.82, 2.24) is 14.9 Å². The first-order valence-electron chi connectivity index (χ1n) is 10.5. The van der Waals surface area contributed by atoms with E-state index in [4.69, 9.17) is 4.74 Å². The highest BCUT2D eigenvalue weighted by molar-refractivity contribution is 5.78. The van der Waals surface area contributed by atoms with Crippen molar-refractivity contribution in [2.75, 3.05) is 50.1 Å². The van der Waals surface area contributed by atoms with E-state index in [2.05, 4.69) is 45.1 Å². The molecule has 3 rings (SSSR count). The summed E-state index contributed by atoms with van der Waals surface area (Å²) < 4.78 is 5.68. The van der Waals surface area contributed by atoms with Crippen LogP contribution in [0.15, 0.2) is 36.2 Å². The molecule has 1 fully saturated rings. The van der Waals surface area contributed by atoms with E-state index in [0.29, 0.717) is 18.0 Å². The van der Waals surface area contributed by atoms with Crippen LogP contribution in [0, 0.1) is 17.0 Å². The van der Waals surface area contributed by atoms with Gasteiger partial charge in [-0.3, -0.25) is 10.1 Å². The standard InChI is InChI=1S/C22H30N6O3/c1-5-6-16(2)15-31-18-13-23-22(24-14-18)25-21-17(3)19(7-8-20(21)28(29)30)27-11-9-26(4)10-12-27/h6-8,13-14H,5,9-12,15H2,1-4H3,(H,23,24,25)/b16-6+. The molecule has 1 aliphatic heterocycles. The van der Waals surface area contributed by atoms with Crippen LogP contribution in [-0.2, 0) is 0 Å². The van der Waals surface area contributed by atoms with Gasteiger partial charge in [0, 0.05) is 43.5 Å². The second kappa shape index (κ2) is 10.2.